The summed E-state index contributed by atoms with van der Waals surface area (Å²) in [4.78, 5) is 23.9. The van der Waals surface area contributed by atoms with Crippen LogP contribution in [0.4, 0.5) is 4.39 Å². The second kappa shape index (κ2) is 9.09. The summed E-state index contributed by atoms with van der Waals surface area (Å²) < 4.78 is 39.3. The van der Waals surface area contributed by atoms with Crippen molar-refractivity contribution in [2.75, 3.05) is 6.54 Å². The number of hydrogen-bond donors (Lipinski definition) is 2. The zero-order valence-electron chi connectivity index (χ0n) is 14.9. The average Bonchev–Trinajstić information content (AvgIpc) is 3.18. The van der Waals surface area contributed by atoms with Gasteiger partial charge in [0.25, 0.3) is 0 Å². The van der Waals surface area contributed by atoms with Crippen molar-refractivity contribution >= 4 is 33.0 Å². The van der Waals surface area contributed by atoms with Crippen molar-refractivity contribution in [2.24, 2.45) is 0 Å². The Kier molecular flexibility index (Phi) is 7.09. The molecular weight excluding hydrogens is 391 g/mol. The highest BCUT2D eigenvalue weighted by molar-refractivity contribution is 7.93. The molecule has 0 saturated carbocycles. The van der Waals surface area contributed by atoms with Gasteiger partial charge in [-0.1, -0.05) is 25.1 Å². The molecule has 0 aliphatic carbocycles. The number of halogens is 1. The van der Waals surface area contributed by atoms with Gasteiger partial charge in [0.15, 0.2) is 9.84 Å². The molecule has 2 N–H and O–H groups in total. The zero-order valence-corrected chi connectivity index (χ0v) is 16.6. The van der Waals surface area contributed by atoms with E-state index in [1.54, 1.807) is 18.4 Å². The van der Waals surface area contributed by atoms with E-state index in [1.807, 2.05) is 6.92 Å². The third kappa shape index (κ3) is 5.36. The lowest BCUT2D eigenvalue weighted by molar-refractivity contribution is -0.139. The predicted molar refractivity (Wildman–Crippen MR) is 102 cm³/mol. The van der Waals surface area contributed by atoms with Crippen molar-refractivity contribution in [2.45, 2.75) is 35.8 Å². The van der Waals surface area contributed by atoms with Crippen LogP contribution in [0.15, 0.2) is 46.0 Å². The maximum absolute atomic E-state index is 13.2. The van der Waals surface area contributed by atoms with E-state index in [0.29, 0.717) is 12.0 Å². The number of benzene rings is 1. The highest BCUT2D eigenvalue weighted by atomic mass is 32.2. The third-order valence-electron chi connectivity index (χ3n) is 4.04. The molecule has 27 heavy (non-hydrogen) atoms. The number of nitrogens with one attached hydrogen (secondary N) is 2. The van der Waals surface area contributed by atoms with Crippen LogP contribution in [0.2, 0.25) is 0 Å². The molecule has 6 nitrogen and oxygen atoms in total. The molecule has 1 aromatic carbocycles. The lowest BCUT2D eigenvalue weighted by Crippen LogP contribution is -2.45. The van der Waals surface area contributed by atoms with Gasteiger partial charge in [-0.25, -0.2) is 12.8 Å². The first-order chi connectivity index (χ1) is 12.8. The van der Waals surface area contributed by atoms with Crippen LogP contribution in [0, 0.1) is 5.82 Å². The number of carbonyl (C=O) groups excluding carboxylic acids is 2. The summed E-state index contributed by atoms with van der Waals surface area (Å²) in [6.45, 7) is 3.31. The van der Waals surface area contributed by atoms with E-state index in [4.69, 9.17) is 0 Å². The Bertz CT molecular complexity index is 881. The molecule has 0 fully saturated rings. The SMILES string of the molecule is CC[C@H](C)NC(=O)C(=O)NC[C@@H](c1ccc(F)cc1)S(=O)(=O)c1cccs1. The van der Waals surface area contributed by atoms with Gasteiger partial charge < -0.3 is 10.6 Å². The van der Waals surface area contributed by atoms with Gasteiger partial charge in [-0.05, 0) is 42.5 Å². The molecule has 0 bridgehead atoms. The van der Waals surface area contributed by atoms with Gasteiger partial charge in [-0.2, -0.15) is 0 Å². The van der Waals surface area contributed by atoms with E-state index in [2.05, 4.69) is 10.6 Å². The van der Waals surface area contributed by atoms with Crippen molar-refractivity contribution in [3.05, 3.63) is 53.2 Å². The van der Waals surface area contributed by atoms with Crippen LogP contribution in [0.5, 0.6) is 0 Å². The summed E-state index contributed by atoms with van der Waals surface area (Å²) in [7, 11) is -3.82. The van der Waals surface area contributed by atoms with Gasteiger partial charge >= 0.3 is 11.8 Å². The fraction of sp³-hybridized carbons (Fsp3) is 0.333. The minimum atomic E-state index is -3.82. The number of rotatable bonds is 7. The van der Waals surface area contributed by atoms with Crippen molar-refractivity contribution in [3.63, 3.8) is 0 Å². The van der Waals surface area contributed by atoms with E-state index >= 15 is 0 Å². The number of carbonyl (C=O) groups is 2. The first-order valence-electron chi connectivity index (χ1n) is 8.37. The van der Waals surface area contributed by atoms with Gasteiger partial charge in [0.1, 0.15) is 15.3 Å². The summed E-state index contributed by atoms with van der Waals surface area (Å²) in [5, 5.41) is 5.38. The van der Waals surface area contributed by atoms with E-state index in [9.17, 15) is 22.4 Å². The molecule has 2 atom stereocenters. The molecule has 2 amide bonds. The number of sulfone groups is 1. The Morgan fingerprint density at radius 2 is 1.81 bits per heavy atom. The minimum absolute atomic E-state index is 0.134. The van der Waals surface area contributed by atoms with Gasteiger partial charge in [-0.3, -0.25) is 9.59 Å². The lowest BCUT2D eigenvalue weighted by atomic mass is 10.1. The highest BCUT2D eigenvalue weighted by Gasteiger charge is 2.31. The molecule has 1 aromatic heterocycles. The molecule has 9 heteroatoms. The molecule has 0 radical (unpaired) electrons. The second-order valence-electron chi connectivity index (χ2n) is 6.01. The Morgan fingerprint density at radius 3 is 2.37 bits per heavy atom. The summed E-state index contributed by atoms with van der Waals surface area (Å²) in [5.41, 5.74) is 0.326. The maximum atomic E-state index is 13.2. The fourth-order valence-electron chi connectivity index (χ4n) is 2.31. The molecule has 0 unspecified atom stereocenters. The maximum Gasteiger partial charge on any atom is 0.309 e. The minimum Gasteiger partial charge on any atom is -0.346 e. The van der Waals surface area contributed by atoms with Gasteiger partial charge in [0.2, 0.25) is 0 Å². The van der Waals surface area contributed by atoms with Crippen LogP contribution in [0.25, 0.3) is 0 Å². The van der Waals surface area contributed by atoms with Crippen LogP contribution in [-0.2, 0) is 19.4 Å². The Labute approximate surface area is 161 Å². The molecule has 0 aliphatic rings. The van der Waals surface area contributed by atoms with Gasteiger partial charge in [-0.15, -0.1) is 11.3 Å². The van der Waals surface area contributed by atoms with Crippen molar-refractivity contribution in [1.29, 1.82) is 0 Å². The van der Waals surface area contributed by atoms with Crippen molar-refractivity contribution < 1.29 is 22.4 Å². The number of hydrogen-bond acceptors (Lipinski definition) is 5. The fourth-order valence-corrected chi connectivity index (χ4v) is 5.17. The smallest absolute Gasteiger partial charge is 0.309 e. The molecule has 0 aliphatic heterocycles. The molecule has 2 aromatic rings. The second-order valence-corrected chi connectivity index (χ2v) is 9.32. The molecule has 2 rings (SSSR count). The van der Waals surface area contributed by atoms with E-state index in [1.165, 1.54) is 18.2 Å². The molecule has 1 heterocycles. The number of amides is 2. The average molecular weight is 413 g/mol. The zero-order chi connectivity index (χ0) is 20.0. The quantitative estimate of drug-likeness (QED) is 0.683. The van der Waals surface area contributed by atoms with E-state index < -0.39 is 32.7 Å². The van der Waals surface area contributed by atoms with Crippen molar-refractivity contribution in [1.82, 2.24) is 10.6 Å². The lowest BCUT2D eigenvalue weighted by Gasteiger charge is -2.18. The Balaban J connectivity index is 2.22. The van der Waals surface area contributed by atoms with Gasteiger partial charge in [0.05, 0.1) is 0 Å². The van der Waals surface area contributed by atoms with E-state index in [-0.39, 0.29) is 16.8 Å². The largest absolute Gasteiger partial charge is 0.346 e. The third-order valence-corrected chi connectivity index (χ3v) is 7.57. The monoisotopic (exact) mass is 412 g/mol. The van der Waals surface area contributed by atoms with E-state index in [0.717, 1.165) is 23.5 Å². The first kappa shape index (κ1) is 21.0. The molecule has 0 saturated heterocycles. The first-order valence-corrected chi connectivity index (χ1v) is 10.8. The van der Waals surface area contributed by atoms with Crippen LogP contribution < -0.4 is 10.6 Å². The van der Waals surface area contributed by atoms with Crippen LogP contribution in [0.3, 0.4) is 0 Å². The summed E-state index contributed by atoms with van der Waals surface area (Å²) >= 11 is 1.05. The van der Waals surface area contributed by atoms with Crippen molar-refractivity contribution in [3.8, 4) is 0 Å². The summed E-state index contributed by atoms with van der Waals surface area (Å²) in [5.74, 6) is -2.23. The summed E-state index contributed by atoms with van der Waals surface area (Å²) in [6.07, 6.45) is 0.657. The highest BCUT2D eigenvalue weighted by Crippen LogP contribution is 2.31. The van der Waals surface area contributed by atoms with Crippen LogP contribution in [0.1, 0.15) is 31.1 Å². The normalized spacial score (nSPS) is 13.6. The molecule has 0 spiro atoms. The standard InChI is InChI=1S/C18H21FN2O4S2/c1-3-12(2)21-18(23)17(22)20-11-15(13-6-8-14(19)9-7-13)27(24,25)16-5-4-10-26-16/h4-10,12,15H,3,11H2,1-2H3,(H,20,22)(H,21,23)/t12-,15-/m0/s1. The molecule has 146 valence electrons. The molecular formula is C18H21FN2O4S2. The van der Waals surface area contributed by atoms with Crippen LogP contribution in [-0.4, -0.2) is 32.8 Å². The topological polar surface area (TPSA) is 92.3 Å². The van der Waals surface area contributed by atoms with Gasteiger partial charge in [0, 0.05) is 12.6 Å². The Morgan fingerprint density at radius 1 is 1.15 bits per heavy atom. The Hall–Kier alpha value is -2.26. The van der Waals surface area contributed by atoms with Crippen LogP contribution >= 0.6 is 11.3 Å². The number of thiophene rings is 1. The summed E-state index contributed by atoms with van der Waals surface area (Å²) in [6, 6.07) is 7.93. The predicted octanol–water partition coefficient (Wildman–Crippen LogP) is 2.43.